The minimum Gasteiger partial charge on any atom is -0.550 e. The van der Waals surface area contributed by atoms with Crippen LogP contribution in [0.2, 0.25) is 0 Å². The molecular formula is C30H59N5O6. The molecule has 11 nitrogen and oxygen atoms in total. The number of quaternary nitrogens is 1. The van der Waals surface area contributed by atoms with E-state index in [1.807, 2.05) is 0 Å². The molecule has 0 atom stereocenters. The molecule has 0 saturated carbocycles. The molecule has 2 aromatic heterocycles. The van der Waals surface area contributed by atoms with Crippen LogP contribution in [-0.2, 0) is 41.6 Å². The van der Waals surface area contributed by atoms with E-state index >= 15 is 0 Å². The van der Waals surface area contributed by atoms with Crippen LogP contribution in [0.15, 0.2) is 24.8 Å². The third kappa shape index (κ3) is 32.9. The Morgan fingerprint density at radius 2 is 1.15 bits per heavy atom. The number of carbonyl (C=O) groups excluding carboxylic acids is 3. The maximum Gasteiger partial charge on any atom is 0.253 e. The van der Waals surface area contributed by atoms with Crippen molar-refractivity contribution in [1.82, 2.24) is 9.13 Å². The van der Waals surface area contributed by atoms with Crippen LogP contribution in [0.3, 0.4) is 0 Å². The quantitative estimate of drug-likeness (QED) is 0.333. The molecule has 0 unspecified atom stereocenters. The van der Waals surface area contributed by atoms with Crippen molar-refractivity contribution in [3.8, 4) is 0 Å². The first-order chi connectivity index (χ1) is 18.7. The zero-order chi connectivity index (χ0) is 33.3. The summed E-state index contributed by atoms with van der Waals surface area (Å²) >= 11 is 0. The summed E-state index contributed by atoms with van der Waals surface area (Å²) in [6, 6.07) is 0. The molecule has 11 heteroatoms. The van der Waals surface area contributed by atoms with Crippen molar-refractivity contribution in [3.05, 3.63) is 36.4 Å². The number of carboxylic acids is 3. The van der Waals surface area contributed by atoms with Crippen molar-refractivity contribution >= 4 is 17.9 Å². The van der Waals surface area contributed by atoms with Crippen LogP contribution in [0, 0.1) is 19.8 Å². The number of hydrogen-bond donors (Lipinski definition) is 0. The molecule has 41 heavy (non-hydrogen) atoms. The lowest BCUT2D eigenvalue weighted by Gasteiger charge is -2.22. The number of carbonyl (C=O) groups is 3. The van der Waals surface area contributed by atoms with E-state index in [4.69, 9.17) is 19.8 Å². The van der Waals surface area contributed by atoms with Crippen molar-refractivity contribution in [2.24, 2.45) is 20.0 Å². The lowest BCUT2D eigenvalue weighted by atomic mass is 10.2. The largest absolute Gasteiger partial charge is 0.550 e. The monoisotopic (exact) mass is 585 g/mol. The SMILES string of the molecule is CC(=O)[O-].CC(=O)[O-].CC(C)C(=O)[O-].CCCCn1cc[n+](C)c1C.CCC[N+](C)(C)C.CCn1cc[n+](C)c1C. The standard InChI is InChI=1S/C9H17N2.C7H13N2.C6H16N.C4H8O2.2C2H4O2/c1-4-5-6-11-8-7-10(3)9(11)2;1-4-9-6-5-8(3)7(9)2;1-5-6-7(2,3)4;1-3(2)4(5)6;2*1-2(3)4/h7-8H,4-6H2,1-3H3;5-6H,4H2,1-3H3;5-6H2,1-4H3;3H,1-2H3,(H,5,6);2*1H3,(H,3,4)/q3*+1;;;/p-3. The predicted octanol–water partition coefficient (Wildman–Crippen LogP) is 0.0693. The smallest absolute Gasteiger partial charge is 0.253 e. The highest BCUT2D eigenvalue weighted by Gasteiger charge is 2.06. The number of hydrogen-bond acceptors (Lipinski definition) is 6. The molecule has 2 heterocycles. The van der Waals surface area contributed by atoms with Gasteiger partial charge in [0.15, 0.2) is 0 Å². The Labute approximate surface area is 249 Å². The Morgan fingerprint density at radius 1 is 0.805 bits per heavy atom. The second-order valence-electron chi connectivity index (χ2n) is 10.7. The molecule has 0 fully saturated rings. The Balaban J connectivity index is -0.000000209. The number of nitrogens with zero attached hydrogens (tertiary/aromatic N) is 5. The van der Waals surface area contributed by atoms with Crippen LogP contribution < -0.4 is 24.5 Å². The number of aryl methyl sites for hydroxylation is 4. The molecule has 0 radical (unpaired) electrons. The Hall–Kier alpha value is -3.21. The molecule has 0 aliphatic heterocycles. The highest BCUT2D eigenvalue weighted by molar-refractivity contribution is 5.66. The lowest BCUT2D eigenvalue weighted by molar-refractivity contribution is -0.870. The van der Waals surface area contributed by atoms with E-state index < -0.39 is 17.9 Å². The number of imidazole rings is 2. The van der Waals surface area contributed by atoms with Gasteiger partial charge in [0.2, 0.25) is 0 Å². The molecule has 0 aromatic carbocycles. The van der Waals surface area contributed by atoms with Crippen LogP contribution in [-0.4, -0.2) is 59.2 Å². The molecule has 0 spiro atoms. The number of rotatable bonds is 7. The summed E-state index contributed by atoms with van der Waals surface area (Å²) in [5.74, 6) is -0.865. The molecule has 0 saturated heterocycles. The van der Waals surface area contributed by atoms with E-state index in [9.17, 15) is 9.90 Å². The molecule has 0 aliphatic rings. The third-order valence-corrected chi connectivity index (χ3v) is 5.25. The van der Waals surface area contributed by atoms with Crippen molar-refractivity contribution in [1.29, 1.82) is 0 Å². The number of aliphatic carboxylic acids is 3. The number of unbranched alkanes of at least 4 members (excludes halogenated alkanes) is 1. The minimum atomic E-state index is -1.08. The summed E-state index contributed by atoms with van der Waals surface area (Å²) < 4.78 is 9.86. The van der Waals surface area contributed by atoms with Gasteiger partial charge >= 0.3 is 0 Å². The molecular weight excluding hydrogens is 526 g/mol. The van der Waals surface area contributed by atoms with Crippen LogP contribution in [0.1, 0.15) is 79.4 Å². The molecule has 0 amide bonds. The summed E-state index contributed by atoms with van der Waals surface area (Å²) in [6.07, 6.45) is 12.2. The first-order valence-corrected chi connectivity index (χ1v) is 14.1. The summed E-state index contributed by atoms with van der Waals surface area (Å²) in [6.45, 7) is 19.4. The van der Waals surface area contributed by atoms with Crippen molar-refractivity contribution in [2.75, 3.05) is 27.7 Å². The minimum absolute atomic E-state index is 0.343. The topological polar surface area (TPSA) is 138 Å². The van der Waals surface area contributed by atoms with E-state index in [1.54, 1.807) is 13.8 Å². The van der Waals surface area contributed by atoms with E-state index in [-0.39, 0.29) is 5.92 Å². The van der Waals surface area contributed by atoms with Gasteiger partial charge in [-0.1, -0.05) is 34.1 Å². The average molecular weight is 586 g/mol. The van der Waals surface area contributed by atoms with Gasteiger partial charge in [-0.25, -0.2) is 18.3 Å². The van der Waals surface area contributed by atoms with Crippen molar-refractivity contribution in [2.45, 2.75) is 94.7 Å². The fourth-order valence-corrected chi connectivity index (χ4v) is 2.77. The van der Waals surface area contributed by atoms with Crippen molar-refractivity contribution in [3.63, 3.8) is 0 Å². The molecule has 0 N–H and O–H groups in total. The normalized spacial score (nSPS) is 9.63. The van der Waals surface area contributed by atoms with Gasteiger partial charge in [-0.3, -0.25) is 0 Å². The predicted molar refractivity (Wildman–Crippen MR) is 156 cm³/mol. The van der Waals surface area contributed by atoms with E-state index in [2.05, 4.69) is 113 Å². The van der Waals surface area contributed by atoms with E-state index in [0.29, 0.717) is 0 Å². The molecule has 240 valence electrons. The van der Waals surface area contributed by atoms with Crippen LogP contribution in [0.5, 0.6) is 0 Å². The zero-order valence-electron chi connectivity index (χ0n) is 28.3. The summed E-state index contributed by atoms with van der Waals surface area (Å²) in [4.78, 5) is 27.4. The maximum absolute atomic E-state index is 9.59. The number of carboxylic acid groups (broad SMARTS) is 3. The van der Waals surface area contributed by atoms with Gasteiger partial charge in [-0.2, -0.15) is 0 Å². The first kappa shape index (κ1) is 44.8. The highest BCUT2D eigenvalue weighted by atomic mass is 16.4. The fraction of sp³-hybridized carbons (Fsp3) is 0.700. The number of aromatic nitrogens is 4. The van der Waals surface area contributed by atoms with E-state index in [1.165, 1.54) is 37.5 Å². The second kappa shape index (κ2) is 25.7. The maximum atomic E-state index is 9.59. The molecule has 0 bridgehead atoms. The fourth-order valence-electron chi connectivity index (χ4n) is 2.77. The van der Waals surface area contributed by atoms with Gasteiger partial charge in [-0.05, 0) is 39.5 Å². The second-order valence-corrected chi connectivity index (χ2v) is 10.7. The van der Waals surface area contributed by atoms with Gasteiger partial charge in [0, 0.05) is 31.8 Å². The van der Waals surface area contributed by atoms with Gasteiger partial charge in [0.25, 0.3) is 11.6 Å². The summed E-state index contributed by atoms with van der Waals surface area (Å²) in [7, 11) is 10.8. The van der Waals surface area contributed by atoms with Gasteiger partial charge in [0.1, 0.15) is 24.8 Å². The average Bonchev–Trinajstić information content (AvgIpc) is 3.32. The van der Waals surface area contributed by atoms with Gasteiger partial charge < -0.3 is 34.2 Å². The third-order valence-electron chi connectivity index (χ3n) is 5.25. The summed E-state index contributed by atoms with van der Waals surface area (Å²) in [5, 5.41) is 27.4. The Bertz CT molecular complexity index is 939. The summed E-state index contributed by atoms with van der Waals surface area (Å²) in [5.41, 5.74) is 0. The Morgan fingerprint density at radius 3 is 1.29 bits per heavy atom. The lowest BCUT2D eigenvalue weighted by Crippen LogP contribution is -2.34. The van der Waals surface area contributed by atoms with Gasteiger partial charge in [0.05, 0.1) is 54.9 Å². The molecule has 2 rings (SSSR count). The van der Waals surface area contributed by atoms with Gasteiger partial charge in [-0.15, -0.1) is 0 Å². The first-order valence-electron chi connectivity index (χ1n) is 14.1. The van der Waals surface area contributed by atoms with E-state index in [0.717, 1.165) is 31.4 Å². The highest BCUT2D eigenvalue weighted by Crippen LogP contribution is 1.97. The Kier molecular flexibility index (Phi) is 28.1. The van der Waals surface area contributed by atoms with Crippen LogP contribution in [0.25, 0.3) is 0 Å². The van der Waals surface area contributed by atoms with Crippen molar-refractivity contribution < 1.29 is 43.3 Å². The zero-order valence-corrected chi connectivity index (χ0v) is 28.3. The van der Waals surface area contributed by atoms with Crippen LogP contribution >= 0.6 is 0 Å². The molecule has 2 aromatic rings. The van der Waals surface area contributed by atoms with Crippen LogP contribution in [0.4, 0.5) is 0 Å². The molecule has 0 aliphatic carbocycles.